The fourth-order valence-electron chi connectivity index (χ4n) is 2.07. The summed E-state index contributed by atoms with van der Waals surface area (Å²) in [5, 5.41) is 5.03. The highest BCUT2D eigenvalue weighted by Gasteiger charge is 2.09. The molecule has 0 spiro atoms. The Kier molecular flexibility index (Phi) is 5.88. The number of nitrogens with one attached hydrogen (secondary N) is 1. The standard InChI is InChI=1S/C19H14ClNO4S/c20-15-4-1-2-5-16(15)24-12-18(22)25-14-9-7-13(8-10-14)21-19(23)17-6-3-11-26-17/h1-11H,12H2,(H,21,23). The maximum atomic E-state index is 12.0. The molecule has 0 atom stereocenters. The lowest BCUT2D eigenvalue weighted by Crippen LogP contribution is -2.17. The van der Waals surface area contributed by atoms with Crippen LogP contribution in [0, 0.1) is 0 Å². The van der Waals surface area contributed by atoms with E-state index in [0.29, 0.717) is 27.1 Å². The fraction of sp³-hybridized carbons (Fsp3) is 0.0526. The Labute approximate surface area is 159 Å². The van der Waals surface area contributed by atoms with Gasteiger partial charge in [0.05, 0.1) is 9.90 Å². The molecule has 0 saturated carbocycles. The lowest BCUT2D eigenvalue weighted by atomic mass is 10.3. The Bertz CT molecular complexity index is 894. The molecule has 26 heavy (non-hydrogen) atoms. The Morgan fingerprint density at radius 2 is 1.77 bits per heavy atom. The first-order valence-electron chi connectivity index (χ1n) is 7.65. The number of hydrogen-bond donors (Lipinski definition) is 1. The number of carbonyl (C=O) groups excluding carboxylic acids is 2. The first-order valence-corrected chi connectivity index (χ1v) is 8.90. The van der Waals surface area contributed by atoms with Gasteiger partial charge in [-0.15, -0.1) is 11.3 Å². The molecule has 0 aliphatic heterocycles. The smallest absolute Gasteiger partial charge is 0.349 e. The number of halogens is 1. The number of carbonyl (C=O) groups is 2. The van der Waals surface area contributed by atoms with Crippen molar-refractivity contribution in [3.8, 4) is 11.5 Å². The molecule has 3 rings (SSSR count). The Morgan fingerprint density at radius 1 is 1.00 bits per heavy atom. The number of hydrogen-bond acceptors (Lipinski definition) is 5. The maximum absolute atomic E-state index is 12.0. The van der Waals surface area contributed by atoms with E-state index in [9.17, 15) is 9.59 Å². The molecule has 1 amide bonds. The van der Waals surface area contributed by atoms with Crippen molar-refractivity contribution in [2.75, 3.05) is 11.9 Å². The second kappa shape index (κ2) is 8.51. The molecular formula is C19H14ClNO4S. The molecule has 0 aliphatic carbocycles. The maximum Gasteiger partial charge on any atom is 0.349 e. The molecule has 132 valence electrons. The molecule has 0 fully saturated rings. The van der Waals surface area contributed by atoms with Gasteiger partial charge in [0.1, 0.15) is 11.5 Å². The summed E-state index contributed by atoms with van der Waals surface area (Å²) >= 11 is 7.31. The third-order valence-electron chi connectivity index (χ3n) is 3.27. The summed E-state index contributed by atoms with van der Waals surface area (Å²) in [7, 11) is 0. The lowest BCUT2D eigenvalue weighted by molar-refractivity contribution is -0.136. The minimum absolute atomic E-state index is 0.183. The van der Waals surface area contributed by atoms with E-state index in [2.05, 4.69) is 5.32 Å². The topological polar surface area (TPSA) is 64.6 Å². The van der Waals surface area contributed by atoms with Gasteiger partial charge in [-0.25, -0.2) is 4.79 Å². The van der Waals surface area contributed by atoms with E-state index in [0.717, 1.165) is 0 Å². The van der Waals surface area contributed by atoms with Crippen molar-refractivity contribution in [3.05, 3.63) is 75.9 Å². The molecule has 0 unspecified atom stereocenters. The van der Waals surface area contributed by atoms with Crippen LogP contribution in [-0.4, -0.2) is 18.5 Å². The number of para-hydroxylation sites is 1. The summed E-state index contributed by atoms with van der Waals surface area (Å²) in [6.07, 6.45) is 0. The molecule has 1 heterocycles. The quantitative estimate of drug-likeness (QED) is 0.494. The monoisotopic (exact) mass is 387 g/mol. The summed E-state index contributed by atoms with van der Waals surface area (Å²) < 4.78 is 10.5. The number of anilines is 1. The van der Waals surface area contributed by atoms with Crippen LogP contribution in [0.5, 0.6) is 11.5 Å². The van der Waals surface area contributed by atoms with Crippen LogP contribution < -0.4 is 14.8 Å². The van der Waals surface area contributed by atoms with Gasteiger partial charge in [-0.1, -0.05) is 29.8 Å². The summed E-state index contributed by atoms with van der Waals surface area (Å²) in [6.45, 7) is -0.263. The predicted octanol–water partition coefficient (Wildman–Crippen LogP) is 4.64. The average molecular weight is 388 g/mol. The van der Waals surface area contributed by atoms with Crippen LogP contribution in [0.4, 0.5) is 5.69 Å². The highest BCUT2D eigenvalue weighted by Crippen LogP contribution is 2.23. The summed E-state index contributed by atoms with van der Waals surface area (Å²) in [5.41, 5.74) is 0.607. The van der Waals surface area contributed by atoms with Gasteiger partial charge < -0.3 is 14.8 Å². The Hall–Kier alpha value is -2.83. The van der Waals surface area contributed by atoms with Crippen molar-refractivity contribution in [1.29, 1.82) is 0 Å². The van der Waals surface area contributed by atoms with E-state index >= 15 is 0 Å². The van der Waals surface area contributed by atoms with E-state index in [-0.39, 0.29) is 12.5 Å². The highest BCUT2D eigenvalue weighted by molar-refractivity contribution is 7.12. The largest absolute Gasteiger partial charge is 0.480 e. The zero-order valence-electron chi connectivity index (χ0n) is 13.5. The zero-order chi connectivity index (χ0) is 18.4. The summed E-state index contributed by atoms with van der Waals surface area (Å²) in [6, 6.07) is 16.9. The van der Waals surface area contributed by atoms with Crippen molar-refractivity contribution in [3.63, 3.8) is 0 Å². The number of esters is 1. The minimum atomic E-state index is -0.555. The van der Waals surface area contributed by atoms with Crippen molar-refractivity contribution in [1.82, 2.24) is 0 Å². The molecule has 0 aliphatic rings. The van der Waals surface area contributed by atoms with Gasteiger partial charge in [0, 0.05) is 5.69 Å². The number of thiophene rings is 1. The molecule has 5 nitrogen and oxygen atoms in total. The van der Waals surface area contributed by atoms with Crippen molar-refractivity contribution in [2.24, 2.45) is 0 Å². The van der Waals surface area contributed by atoms with E-state index < -0.39 is 5.97 Å². The number of rotatable bonds is 6. The van der Waals surface area contributed by atoms with Crippen LogP contribution in [0.2, 0.25) is 5.02 Å². The first kappa shape index (κ1) is 18.0. The fourth-order valence-corrected chi connectivity index (χ4v) is 2.88. The third-order valence-corrected chi connectivity index (χ3v) is 4.45. The predicted molar refractivity (Wildman–Crippen MR) is 101 cm³/mol. The van der Waals surface area contributed by atoms with Gasteiger partial charge in [-0.2, -0.15) is 0 Å². The number of amides is 1. The average Bonchev–Trinajstić information content (AvgIpc) is 3.17. The number of ether oxygens (including phenoxy) is 2. The SMILES string of the molecule is O=C(COc1ccccc1Cl)Oc1ccc(NC(=O)c2cccs2)cc1. The summed E-state index contributed by atoms with van der Waals surface area (Å²) in [5.74, 6) is 0.0304. The normalized spacial score (nSPS) is 10.2. The molecule has 0 radical (unpaired) electrons. The van der Waals surface area contributed by atoms with Gasteiger partial charge in [-0.3, -0.25) is 4.79 Å². The molecule has 0 saturated heterocycles. The van der Waals surface area contributed by atoms with E-state index in [1.165, 1.54) is 11.3 Å². The first-order chi connectivity index (χ1) is 12.6. The second-order valence-electron chi connectivity index (χ2n) is 5.15. The molecule has 3 aromatic rings. The molecule has 1 aromatic heterocycles. The van der Waals surface area contributed by atoms with Crippen LogP contribution in [0.15, 0.2) is 66.0 Å². The van der Waals surface area contributed by atoms with Gasteiger partial charge in [0.25, 0.3) is 5.91 Å². The third kappa shape index (κ3) is 4.84. The molecule has 7 heteroatoms. The summed E-state index contributed by atoms with van der Waals surface area (Å²) in [4.78, 5) is 24.5. The van der Waals surface area contributed by atoms with Crippen molar-refractivity contribution >= 4 is 40.5 Å². The minimum Gasteiger partial charge on any atom is -0.480 e. The van der Waals surface area contributed by atoms with Crippen LogP contribution in [-0.2, 0) is 4.79 Å². The highest BCUT2D eigenvalue weighted by atomic mass is 35.5. The Balaban J connectivity index is 1.51. The van der Waals surface area contributed by atoms with Crippen LogP contribution in [0.25, 0.3) is 0 Å². The van der Waals surface area contributed by atoms with Crippen molar-refractivity contribution < 1.29 is 19.1 Å². The van der Waals surface area contributed by atoms with Gasteiger partial charge in [0.2, 0.25) is 0 Å². The van der Waals surface area contributed by atoms with Gasteiger partial charge in [-0.05, 0) is 47.8 Å². The zero-order valence-corrected chi connectivity index (χ0v) is 15.0. The van der Waals surface area contributed by atoms with E-state index in [4.69, 9.17) is 21.1 Å². The molecule has 0 bridgehead atoms. The Morgan fingerprint density at radius 3 is 2.46 bits per heavy atom. The van der Waals surface area contributed by atoms with Crippen LogP contribution in [0.3, 0.4) is 0 Å². The molecule has 2 aromatic carbocycles. The van der Waals surface area contributed by atoms with Crippen molar-refractivity contribution in [2.45, 2.75) is 0 Å². The number of benzene rings is 2. The molecular weight excluding hydrogens is 374 g/mol. The van der Waals surface area contributed by atoms with E-state index in [1.807, 2.05) is 11.4 Å². The van der Waals surface area contributed by atoms with Crippen LogP contribution >= 0.6 is 22.9 Å². The van der Waals surface area contributed by atoms with E-state index in [1.54, 1.807) is 54.6 Å². The van der Waals surface area contributed by atoms with Crippen LogP contribution in [0.1, 0.15) is 9.67 Å². The molecule has 1 N–H and O–H groups in total. The van der Waals surface area contributed by atoms with Gasteiger partial charge in [0.15, 0.2) is 6.61 Å². The lowest BCUT2D eigenvalue weighted by Gasteiger charge is -2.09. The van der Waals surface area contributed by atoms with Gasteiger partial charge >= 0.3 is 5.97 Å². The second-order valence-corrected chi connectivity index (χ2v) is 6.50.